The van der Waals surface area contributed by atoms with Gasteiger partial charge in [0.05, 0.1) is 11.6 Å². The van der Waals surface area contributed by atoms with Crippen LogP contribution in [0.5, 0.6) is 0 Å². The molecule has 0 fully saturated rings. The van der Waals surface area contributed by atoms with Gasteiger partial charge in [-0.25, -0.2) is 0 Å². The SMILES string of the molecule is CCC(NC)c1ccc(C#N)cc1. The Morgan fingerprint density at radius 1 is 1.38 bits per heavy atom. The average molecular weight is 174 g/mol. The molecule has 1 atom stereocenters. The molecule has 0 bridgehead atoms. The van der Waals surface area contributed by atoms with Crippen LogP contribution in [0.2, 0.25) is 0 Å². The van der Waals surface area contributed by atoms with Crippen LogP contribution in [-0.4, -0.2) is 7.05 Å². The lowest BCUT2D eigenvalue weighted by atomic mass is 10.0. The highest BCUT2D eigenvalue weighted by Crippen LogP contribution is 2.15. The summed E-state index contributed by atoms with van der Waals surface area (Å²) in [6.45, 7) is 2.14. The van der Waals surface area contributed by atoms with Crippen molar-refractivity contribution in [2.24, 2.45) is 0 Å². The van der Waals surface area contributed by atoms with E-state index in [1.807, 2.05) is 31.3 Å². The van der Waals surface area contributed by atoms with Crippen molar-refractivity contribution in [1.29, 1.82) is 5.26 Å². The summed E-state index contributed by atoms with van der Waals surface area (Å²) in [6, 6.07) is 10.2. The Hall–Kier alpha value is -1.33. The second-order valence-corrected chi connectivity index (χ2v) is 2.98. The molecular weight excluding hydrogens is 160 g/mol. The molecule has 1 unspecified atom stereocenters. The van der Waals surface area contributed by atoms with Crippen molar-refractivity contribution in [1.82, 2.24) is 5.32 Å². The maximum absolute atomic E-state index is 8.62. The molecule has 0 aliphatic heterocycles. The quantitative estimate of drug-likeness (QED) is 0.762. The van der Waals surface area contributed by atoms with Gasteiger partial charge in [0, 0.05) is 6.04 Å². The smallest absolute Gasteiger partial charge is 0.0991 e. The normalized spacial score (nSPS) is 12.1. The Kier molecular flexibility index (Phi) is 3.48. The first-order valence-electron chi connectivity index (χ1n) is 4.49. The fourth-order valence-corrected chi connectivity index (χ4v) is 1.40. The lowest BCUT2D eigenvalue weighted by molar-refractivity contribution is 0.577. The van der Waals surface area contributed by atoms with Crippen LogP contribution in [0.1, 0.15) is 30.5 Å². The van der Waals surface area contributed by atoms with E-state index in [0.29, 0.717) is 6.04 Å². The Balaban J connectivity index is 2.85. The van der Waals surface area contributed by atoms with E-state index >= 15 is 0 Å². The molecule has 0 aliphatic rings. The second kappa shape index (κ2) is 4.64. The summed E-state index contributed by atoms with van der Waals surface area (Å²) in [5.41, 5.74) is 1.96. The highest BCUT2D eigenvalue weighted by molar-refractivity contribution is 5.32. The monoisotopic (exact) mass is 174 g/mol. The van der Waals surface area contributed by atoms with Crippen LogP contribution in [-0.2, 0) is 0 Å². The molecule has 0 saturated heterocycles. The minimum Gasteiger partial charge on any atom is -0.313 e. The van der Waals surface area contributed by atoms with E-state index in [1.165, 1.54) is 5.56 Å². The minimum absolute atomic E-state index is 0.396. The first-order valence-corrected chi connectivity index (χ1v) is 4.49. The molecule has 0 aliphatic carbocycles. The van der Waals surface area contributed by atoms with Crippen LogP contribution in [0.15, 0.2) is 24.3 Å². The van der Waals surface area contributed by atoms with E-state index in [9.17, 15) is 0 Å². The van der Waals surface area contributed by atoms with Crippen molar-refractivity contribution in [2.45, 2.75) is 19.4 Å². The molecule has 0 saturated carbocycles. The van der Waals surface area contributed by atoms with Gasteiger partial charge < -0.3 is 5.32 Å². The van der Waals surface area contributed by atoms with E-state index < -0.39 is 0 Å². The predicted octanol–water partition coefficient (Wildman–Crippen LogP) is 2.23. The summed E-state index contributed by atoms with van der Waals surface area (Å²) >= 11 is 0. The first-order chi connectivity index (χ1) is 6.31. The number of rotatable bonds is 3. The van der Waals surface area contributed by atoms with Crippen molar-refractivity contribution in [3.63, 3.8) is 0 Å². The maximum Gasteiger partial charge on any atom is 0.0991 e. The molecule has 2 nitrogen and oxygen atoms in total. The topological polar surface area (TPSA) is 35.8 Å². The molecule has 1 N–H and O–H groups in total. The van der Waals surface area contributed by atoms with Crippen molar-refractivity contribution >= 4 is 0 Å². The third-order valence-electron chi connectivity index (χ3n) is 2.20. The molecule has 0 radical (unpaired) electrons. The molecule has 0 spiro atoms. The second-order valence-electron chi connectivity index (χ2n) is 2.98. The molecule has 1 aromatic carbocycles. The number of benzene rings is 1. The van der Waals surface area contributed by atoms with Gasteiger partial charge in [-0.3, -0.25) is 0 Å². The highest BCUT2D eigenvalue weighted by atomic mass is 14.9. The van der Waals surface area contributed by atoms with Gasteiger partial charge in [-0.2, -0.15) is 5.26 Å². The molecular formula is C11H14N2. The number of nitrogens with one attached hydrogen (secondary N) is 1. The fourth-order valence-electron chi connectivity index (χ4n) is 1.40. The van der Waals surface area contributed by atoms with Gasteiger partial charge in [-0.15, -0.1) is 0 Å². The molecule has 0 aromatic heterocycles. The molecule has 0 amide bonds. The third kappa shape index (κ3) is 2.30. The van der Waals surface area contributed by atoms with E-state index in [0.717, 1.165) is 12.0 Å². The van der Waals surface area contributed by atoms with Gasteiger partial charge >= 0.3 is 0 Å². The van der Waals surface area contributed by atoms with Crippen molar-refractivity contribution in [3.8, 4) is 6.07 Å². The summed E-state index contributed by atoms with van der Waals surface area (Å²) < 4.78 is 0. The van der Waals surface area contributed by atoms with Crippen LogP contribution in [0.3, 0.4) is 0 Å². The Bertz CT molecular complexity index is 291. The zero-order valence-corrected chi connectivity index (χ0v) is 8.04. The summed E-state index contributed by atoms with van der Waals surface area (Å²) in [5.74, 6) is 0. The fraction of sp³-hybridized carbons (Fsp3) is 0.364. The van der Waals surface area contributed by atoms with Crippen molar-refractivity contribution < 1.29 is 0 Å². The summed E-state index contributed by atoms with van der Waals surface area (Å²) in [4.78, 5) is 0. The predicted molar refractivity (Wildman–Crippen MR) is 53.2 cm³/mol. The summed E-state index contributed by atoms with van der Waals surface area (Å²) in [7, 11) is 1.95. The van der Waals surface area contributed by atoms with E-state index in [2.05, 4.69) is 18.3 Å². The summed E-state index contributed by atoms with van der Waals surface area (Å²) in [5, 5.41) is 11.8. The van der Waals surface area contributed by atoms with Gasteiger partial charge in [-0.1, -0.05) is 19.1 Å². The van der Waals surface area contributed by atoms with Crippen LogP contribution in [0.4, 0.5) is 0 Å². The van der Waals surface area contributed by atoms with Gasteiger partial charge in [0.25, 0.3) is 0 Å². The van der Waals surface area contributed by atoms with Gasteiger partial charge in [0.1, 0.15) is 0 Å². The lowest BCUT2D eigenvalue weighted by Gasteiger charge is -2.13. The number of hydrogen-bond acceptors (Lipinski definition) is 2. The van der Waals surface area contributed by atoms with E-state index in [4.69, 9.17) is 5.26 Å². The third-order valence-corrected chi connectivity index (χ3v) is 2.20. The van der Waals surface area contributed by atoms with E-state index in [1.54, 1.807) is 0 Å². The van der Waals surface area contributed by atoms with Crippen molar-refractivity contribution in [2.75, 3.05) is 7.05 Å². The van der Waals surface area contributed by atoms with E-state index in [-0.39, 0.29) is 0 Å². The van der Waals surface area contributed by atoms with Crippen LogP contribution in [0, 0.1) is 11.3 Å². The zero-order chi connectivity index (χ0) is 9.68. The number of nitrogens with zero attached hydrogens (tertiary/aromatic N) is 1. The van der Waals surface area contributed by atoms with Crippen molar-refractivity contribution in [3.05, 3.63) is 35.4 Å². The lowest BCUT2D eigenvalue weighted by Crippen LogP contribution is -2.14. The van der Waals surface area contributed by atoms with Crippen LogP contribution in [0.25, 0.3) is 0 Å². The highest BCUT2D eigenvalue weighted by Gasteiger charge is 2.04. The molecule has 2 heteroatoms. The Morgan fingerprint density at radius 2 is 2.00 bits per heavy atom. The molecule has 68 valence electrons. The van der Waals surface area contributed by atoms with Gasteiger partial charge in [-0.05, 0) is 31.2 Å². The summed E-state index contributed by atoms with van der Waals surface area (Å²) in [6.07, 6.45) is 1.06. The molecule has 0 heterocycles. The largest absolute Gasteiger partial charge is 0.313 e. The average Bonchev–Trinajstić information content (AvgIpc) is 2.21. The molecule has 1 aromatic rings. The van der Waals surface area contributed by atoms with Gasteiger partial charge in [0.2, 0.25) is 0 Å². The van der Waals surface area contributed by atoms with Crippen LogP contribution < -0.4 is 5.32 Å². The standard InChI is InChI=1S/C11H14N2/c1-3-11(13-2)10-6-4-9(8-12)5-7-10/h4-7,11,13H,3H2,1-2H3. The maximum atomic E-state index is 8.62. The zero-order valence-electron chi connectivity index (χ0n) is 8.04. The van der Waals surface area contributed by atoms with Crippen LogP contribution >= 0.6 is 0 Å². The number of hydrogen-bond donors (Lipinski definition) is 1. The first kappa shape index (κ1) is 9.76. The molecule has 13 heavy (non-hydrogen) atoms. The number of nitriles is 1. The minimum atomic E-state index is 0.396. The molecule has 1 rings (SSSR count). The Morgan fingerprint density at radius 3 is 2.38 bits per heavy atom. The Labute approximate surface area is 79.2 Å². The van der Waals surface area contributed by atoms with Gasteiger partial charge in [0.15, 0.2) is 0 Å².